The number of nitrogens with zero attached hydrogens (tertiary/aromatic N) is 1. The average molecular weight is 230 g/mol. The van der Waals surface area contributed by atoms with Crippen molar-refractivity contribution in [3.63, 3.8) is 0 Å². The van der Waals surface area contributed by atoms with Crippen LogP contribution in [0.3, 0.4) is 0 Å². The highest BCUT2D eigenvalue weighted by molar-refractivity contribution is 6.30. The number of amides is 1. The number of hydrogen-bond acceptors (Lipinski definition) is 1. The molecule has 15 heavy (non-hydrogen) atoms. The van der Waals surface area contributed by atoms with E-state index in [-0.39, 0.29) is 11.9 Å². The number of likely N-dealkylation sites (N-methyl/N-ethyl adjacent to an activating group) is 1. The first kappa shape index (κ1) is 14.2. The van der Waals surface area contributed by atoms with Crippen molar-refractivity contribution in [2.75, 3.05) is 7.05 Å². The lowest BCUT2D eigenvalue weighted by Gasteiger charge is -2.22. The zero-order chi connectivity index (χ0) is 12.0. The number of carbonyl (C=O) groups excluding carboxylic acids is 1. The van der Waals surface area contributed by atoms with E-state index in [0.29, 0.717) is 5.03 Å². The van der Waals surface area contributed by atoms with Gasteiger partial charge in [-0.25, -0.2) is 0 Å². The first-order chi connectivity index (χ1) is 6.86. The average Bonchev–Trinajstić information content (AvgIpc) is 2.14. The van der Waals surface area contributed by atoms with Crippen molar-refractivity contribution >= 4 is 17.5 Å². The highest BCUT2D eigenvalue weighted by Gasteiger charge is 2.14. The lowest BCUT2D eigenvalue weighted by molar-refractivity contribution is -0.128. The maximum Gasteiger partial charge on any atom is 0.219 e. The number of rotatable bonds is 4. The quantitative estimate of drug-likeness (QED) is 0.678. The van der Waals surface area contributed by atoms with Gasteiger partial charge in [0.1, 0.15) is 0 Å². The molecule has 0 aliphatic rings. The number of carbonyl (C=O) groups is 1. The molecule has 1 amide bonds. The monoisotopic (exact) mass is 229 g/mol. The Morgan fingerprint density at radius 3 is 2.27 bits per heavy atom. The van der Waals surface area contributed by atoms with Gasteiger partial charge >= 0.3 is 0 Å². The molecule has 1 unspecified atom stereocenters. The van der Waals surface area contributed by atoms with E-state index in [2.05, 4.69) is 6.08 Å². The molecule has 3 heteroatoms. The SMILES string of the molecule is CC(=O)N(C)C(C)/C(Cl)=C\CC=C(C)C. The Morgan fingerprint density at radius 1 is 1.33 bits per heavy atom. The molecule has 86 valence electrons. The zero-order valence-electron chi connectivity index (χ0n) is 10.2. The predicted octanol–water partition coefficient (Wildman–Crippen LogP) is 3.33. The number of hydrogen-bond donors (Lipinski definition) is 0. The molecular formula is C12H20ClNO. The van der Waals surface area contributed by atoms with Crippen LogP contribution in [-0.2, 0) is 4.79 Å². The van der Waals surface area contributed by atoms with Crippen LogP contribution in [0, 0.1) is 0 Å². The third-order valence-corrected chi connectivity index (χ3v) is 2.79. The standard InChI is InChI=1S/C12H20ClNO/c1-9(2)7-6-8-12(13)10(3)14(5)11(4)15/h7-8,10H,6H2,1-5H3/b12-8+. The van der Waals surface area contributed by atoms with Crippen LogP contribution in [0.5, 0.6) is 0 Å². The fourth-order valence-electron chi connectivity index (χ4n) is 1.04. The Hall–Kier alpha value is -0.760. The van der Waals surface area contributed by atoms with Gasteiger partial charge in [-0.1, -0.05) is 29.3 Å². The van der Waals surface area contributed by atoms with Crippen molar-refractivity contribution in [2.45, 2.75) is 40.2 Å². The molecule has 0 saturated heterocycles. The summed E-state index contributed by atoms with van der Waals surface area (Å²) in [6.07, 6.45) is 4.86. The summed E-state index contributed by atoms with van der Waals surface area (Å²) >= 11 is 6.09. The van der Waals surface area contributed by atoms with E-state index in [9.17, 15) is 4.79 Å². The van der Waals surface area contributed by atoms with Gasteiger partial charge in [0.25, 0.3) is 0 Å². The fraction of sp³-hybridized carbons (Fsp3) is 0.583. The Morgan fingerprint density at radius 2 is 1.87 bits per heavy atom. The van der Waals surface area contributed by atoms with Crippen LogP contribution >= 0.6 is 11.6 Å². The summed E-state index contributed by atoms with van der Waals surface area (Å²) in [5.41, 5.74) is 1.27. The van der Waals surface area contributed by atoms with Gasteiger partial charge in [-0.05, 0) is 27.2 Å². The molecule has 0 rings (SSSR count). The van der Waals surface area contributed by atoms with Crippen LogP contribution in [0.15, 0.2) is 22.8 Å². The maximum absolute atomic E-state index is 11.1. The summed E-state index contributed by atoms with van der Waals surface area (Å²) in [5.74, 6) is 0.0243. The van der Waals surface area contributed by atoms with Gasteiger partial charge in [0.15, 0.2) is 0 Å². The van der Waals surface area contributed by atoms with Crippen LogP contribution in [0.25, 0.3) is 0 Å². The number of allylic oxidation sites excluding steroid dienone is 3. The van der Waals surface area contributed by atoms with Gasteiger partial charge in [0.05, 0.1) is 6.04 Å². The van der Waals surface area contributed by atoms with Crippen molar-refractivity contribution in [1.82, 2.24) is 4.90 Å². The normalized spacial score (nSPS) is 13.3. The summed E-state index contributed by atoms with van der Waals surface area (Å²) in [7, 11) is 1.75. The summed E-state index contributed by atoms with van der Waals surface area (Å²) in [5, 5.41) is 0.713. The summed E-state index contributed by atoms with van der Waals surface area (Å²) in [6, 6.07) is -0.0465. The topological polar surface area (TPSA) is 20.3 Å². The highest BCUT2D eigenvalue weighted by atomic mass is 35.5. The molecule has 0 aliphatic heterocycles. The highest BCUT2D eigenvalue weighted by Crippen LogP contribution is 2.14. The molecule has 0 spiro atoms. The van der Waals surface area contributed by atoms with E-state index in [0.717, 1.165) is 6.42 Å². The molecule has 1 atom stereocenters. The molecule has 2 nitrogen and oxygen atoms in total. The van der Waals surface area contributed by atoms with Gasteiger partial charge in [-0.2, -0.15) is 0 Å². The van der Waals surface area contributed by atoms with Crippen LogP contribution in [0.4, 0.5) is 0 Å². The minimum absolute atomic E-state index is 0.0243. The minimum Gasteiger partial charge on any atom is -0.338 e. The molecular weight excluding hydrogens is 210 g/mol. The Balaban J connectivity index is 4.37. The second kappa shape index (κ2) is 6.67. The third kappa shape index (κ3) is 5.63. The maximum atomic E-state index is 11.1. The molecule has 0 N–H and O–H groups in total. The number of halogens is 1. The molecule has 0 fully saturated rings. The van der Waals surface area contributed by atoms with Gasteiger partial charge in [-0.15, -0.1) is 0 Å². The van der Waals surface area contributed by atoms with Gasteiger partial charge < -0.3 is 4.90 Å². The van der Waals surface area contributed by atoms with E-state index in [1.165, 1.54) is 12.5 Å². The zero-order valence-corrected chi connectivity index (χ0v) is 10.9. The first-order valence-corrected chi connectivity index (χ1v) is 5.46. The predicted molar refractivity (Wildman–Crippen MR) is 65.9 cm³/mol. The Bertz CT molecular complexity index is 277. The van der Waals surface area contributed by atoms with Gasteiger partial charge in [0, 0.05) is 19.0 Å². The molecule has 0 aromatic rings. The van der Waals surface area contributed by atoms with Crippen LogP contribution in [0.2, 0.25) is 0 Å². The van der Waals surface area contributed by atoms with E-state index < -0.39 is 0 Å². The van der Waals surface area contributed by atoms with Crippen molar-refractivity contribution < 1.29 is 4.79 Å². The van der Waals surface area contributed by atoms with E-state index in [1.807, 2.05) is 26.8 Å². The molecule has 0 saturated carbocycles. The van der Waals surface area contributed by atoms with Crippen molar-refractivity contribution in [3.8, 4) is 0 Å². The van der Waals surface area contributed by atoms with Crippen LogP contribution in [-0.4, -0.2) is 23.9 Å². The molecule has 0 aromatic heterocycles. The second-order valence-corrected chi connectivity index (χ2v) is 4.35. The molecule has 0 bridgehead atoms. The largest absolute Gasteiger partial charge is 0.338 e. The summed E-state index contributed by atoms with van der Waals surface area (Å²) < 4.78 is 0. The minimum atomic E-state index is -0.0465. The van der Waals surface area contributed by atoms with Crippen LogP contribution in [0.1, 0.15) is 34.1 Å². The van der Waals surface area contributed by atoms with Crippen molar-refractivity contribution in [3.05, 3.63) is 22.8 Å². The van der Waals surface area contributed by atoms with Gasteiger partial charge in [-0.3, -0.25) is 4.79 Å². The smallest absolute Gasteiger partial charge is 0.219 e. The lowest BCUT2D eigenvalue weighted by atomic mass is 10.2. The first-order valence-electron chi connectivity index (χ1n) is 5.08. The summed E-state index contributed by atoms with van der Waals surface area (Å²) in [4.78, 5) is 12.7. The summed E-state index contributed by atoms with van der Waals surface area (Å²) in [6.45, 7) is 7.55. The van der Waals surface area contributed by atoms with Crippen molar-refractivity contribution in [2.24, 2.45) is 0 Å². The van der Waals surface area contributed by atoms with Gasteiger partial charge in [0.2, 0.25) is 5.91 Å². The van der Waals surface area contributed by atoms with Crippen molar-refractivity contribution in [1.29, 1.82) is 0 Å². The third-order valence-electron chi connectivity index (χ3n) is 2.32. The van der Waals surface area contributed by atoms with Crippen LogP contribution < -0.4 is 0 Å². The fourth-order valence-corrected chi connectivity index (χ4v) is 1.27. The second-order valence-electron chi connectivity index (χ2n) is 3.91. The lowest BCUT2D eigenvalue weighted by Crippen LogP contribution is -2.33. The Labute approximate surface area is 97.6 Å². The molecule has 0 aliphatic carbocycles. The molecule has 0 aromatic carbocycles. The molecule has 0 radical (unpaired) electrons. The molecule has 0 heterocycles. The van der Waals surface area contributed by atoms with E-state index >= 15 is 0 Å². The van der Waals surface area contributed by atoms with E-state index in [4.69, 9.17) is 11.6 Å². The Kier molecular flexibility index (Phi) is 6.34. The van der Waals surface area contributed by atoms with E-state index in [1.54, 1.807) is 11.9 Å².